The number of aromatic nitrogens is 4. The molecule has 3 rings (SSSR count). The molecule has 0 radical (unpaired) electrons. The molecule has 0 atom stereocenters. The first kappa shape index (κ1) is 17.0. The highest BCUT2D eigenvalue weighted by Crippen LogP contribution is 2.28. The summed E-state index contributed by atoms with van der Waals surface area (Å²) in [6.07, 6.45) is 0. The standard InChI is InChI=1S/C14H11ClN6O3S/c15-9-3-6-11(13-18-20-21-19-13)12(7-9)17-14(22)8-1-4-10(5-2-8)25(16,23)24/h1-7H,(H,17,22)(H2,16,23,24)(H,18,19,20,21). The number of sulfonamides is 1. The number of carbonyl (C=O) groups is 1. The highest BCUT2D eigenvalue weighted by molar-refractivity contribution is 7.89. The van der Waals surface area contributed by atoms with Gasteiger partial charge in [-0.2, -0.15) is 0 Å². The van der Waals surface area contributed by atoms with Gasteiger partial charge >= 0.3 is 0 Å². The number of nitrogens with two attached hydrogens (primary N) is 1. The van der Waals surface area contributed by atoms with Crippen LogP contribution in [0.3, 0.4) is 0 Å². The molecule has 0 saturated carbocycles. The van der Waals surface area contributed by atoms with Crippen LogP contribution in [-0.4, -0.2) is 34.9 Å². The Morgan fingerprint density at radius 1 is 1.16 bits per heavy atom. The van der Waals surface area contributed by atoms with Crippen molar-refractivity contribution in [1.29, 1.82) is 0 Å². The average molecular weight is 379 g/mol. The van der Waals surface area contributed by atoms with Crippen molar-refractivity contribution in [3.8, 4) is 11.4 Å². The normalized spacial score (nSPS) is 11.3. The summed E-state index contributed by atoms with van der Waals surface area (Å²) < 4.78 is 22.5. The summed E-state index contributed by atoms with van der Waals surface area (Å²) in [5.74, 6) is -0.103. The van der Waals surface area contributed by atoms with E-state index in [0.29, 0.717) is 22.1 Å². The third-order valence-corrected chi connectivity index (χ3v) is 4.44. The van der Waals surface area contributed by atoms with Crippen LogP contribution >= 0.6 is 11.6 Å². The summed E-state index contributed by atoms with van der Waals surface area (Å²) in [6, 6.07) is 10.1. The molecule has 3 aromatic rings. The molecule has 0 bridgehead atoms. The minimum atomic E-state index is -3.82. The Hall–Kier alpha value is -2.82. The molecule has 2 aromatic carbocycles. The second-order valence-electron chi connectivity index (χ2n) is 4.96. The summed E-state index contributed by atoms with van der Waals surface area (Å²) in [4.78, 5) is 12.3. The summed E-state index contributed by atoms with van der Waals surface area (Å²) in [6.45, 7) is 0. The number of nitrogens with zero attached hydrogens (tertiary/aromatic N) is 3. The summed E-state index contributed by atoms with van der Waals surface area (Å²) in [5.41, 5.74) is 1.18. The predicted molar refractivity (Wildman–Crippen MR) is 90.4 cm³/mol. The van der Waals surface area contributed by atoms with Crippen LogP contribution in [0.5, 0.6) is 0 Å². The number of tetrazole rings is 1. The number of H-pyrrole nitrogens is 1. The second-order valence-corrected chi connectivity index (χ2v) is 6.96. The number of aromatic amines is 1. The lowest BCUT2D eigenvalue weighted by molar-refractivity contribution is 0.102. The van der Waals surface area contributed by atoms with Gasteiger partial charge in [-0.25, -0.2) is 18.7 Å². The van der Waals surface area contributed by atoms with E-state index >= 15 is 0 Å². The van der Waals surface area contributed by atoms with Crippen LogP contribution in [0, 0.1) is 0 Å². The topological polar surface area (TPSA) is 144 Å². The van der Waals surface area contributed by atoms with Crippen molar-refractivity contribution in [1.82, 2.24) is 20.6 Å². The second kappa shape index (κ2) is 6.59. The van der Waals surface area contributed by atoms with E-state index in [4.69, 9.17) is 16.7 Å². The van der Waals surface area contributed by atoms with Crippen LogP contribution in [0.25, 0.3) is 11.4 Å². The number of halogens is 1. The number of rotatable bonds is 4. The Bertz CT molecular complexity index is 1020. The molecule has 0 aliphatic carbocycles. The van der Waals surface area contributed by atoms with E-state index in [2.05, 4.69) is 25.9 Å². The van der Waals surface area contributed by atoms with Gasteiger partial charge in [-0.05, 0) is 52.9 Å². The van der Waals surface area contributed by atoms with Crippen molar-refractivity contribution < 1.29 is 13.2 Å². The van der Waals surface area contributed by atoms with Crippen LogP contribution < -0.4 is 10.5 Å². The largest absolute Gasteiger partial charge is 0.321 e. The molecule has 0 aliphatic rings. The molecule has 128 valence electrons. The number of amides is 1. The Morgan fingerprint density at radius 3 is 2.48 bits per heavy atom. The minimum absolute atomic E-state index is 0.0831. The van der Waals surface area contributed by atoms with Gasteiger partial charge in [-0.15, -0.1) is 5.10 Å². The smallest absolute Gasteiger partial charge is 0.255 e. The first-order valence-corrected chi connectivity index (χ1v) is 8.75. The minimum Gasteiger partial charge on any atom is -0.321 e. The first-order valence-electron chi connectivity index (χ1n) is 6.82. The molecule has 11 heteroatoms. The Kier molecular flexibility index (Phi) is 4.49. The molecular formula is C14H11ClN6O3S. The Morgan fingerprint density at radius 2 is 1.88 bits per heavy atom. The van der Waals surface area contributed by atoms with Crippen LogP contribution in [0.2, 0.25) is 5.02 Å². The average Bonchev–Trinajstić information content (AvgIpc) is 3.08. The number of nitrogens with one attached hydrogen (secondary N) is 2. The quantitative estimate of drug-likeness (QED) is 0.626. The maximum Gasteiger partial charge on any atom is 0.255 e. The van der Waals surface area contributed by atoms with Crippen LogP contribution in [0.4, 0.5) is 5.69 Å². The summed E-state index contributed by atoms with van der Waals surface area (Å²) in [5, 5.41) is 21.5. The van der Waals surface area contributed by atoms with E-state index in [-0.39, 0.29) is 10.5 Å². The lowest BCUT2D eigenvalue weighted by atomic mass is 10.1. The van der Waals surface area contributed by atoms with Crippen molar-refractivity contribution in [3.63, 3.8) is 0 Å². The number of primary sulfonamides is 1. The molecule has 0 fully saturated rings. The Labute approximate surface area is 147 Å². The maximum absolute atomic E-state index is 12.4. The van der Waals surface area contributed by atoms with E-state index in [9.17, 15) is 13.2 Å². The third kappa shape index (κ3) is 3.82. The van der Waals surface area contributed by atoms with Gasteiger partial charge in [-0.3, -0.25) is 4.79 Å². The number of anilines is 1. The monoisotopic (exact) mass is 378 g/mol. The zero-order valence-electron chi connectivity index (χ0n) is 12.5. The van der Waals surface area contributed by atoms with E-state index in [0.717, 1.165) is 0 Å². The van der Waals surface area contributed by atoms with Crippen LogP contribution in [0.15, 0.2) is 47.4 Å². The lowest BCUT2D eigenvalue weighted by Crippen LogP contribution is -2.15. The van der Waals surface area contributed by atoms with Gasteiger partial charge in [0.15, 0.2) is 5.82 Å². The van der Waals surface area contributed by atoms with Crippen molar-refractivity contribution >= 4 is 33.2 Å². The molecule has 0 aliphatic heterocycles. The predicted octanol–water partition coefficient (Wildman–Crippen LogP) is 1.42. The molecule has 25 heavy (non-hydrogen) atoms. The van der Waals surface area contributed by atoms with Gasteiger partial charge in [0, 0.05) is 16.1 Å². The molecule has 0 saturated heterocycles. The van der Waals surface area contributed by atoms with E-state index in [1.807, 2.05) is 0 Å². The summed E-state index contributed by atoms with van der Waals surface area (Å²) in [7, 11) is -3.82. The van der Waals surface area contributed by atoms with Crippen molar-refractivity contribution in [2.45, 2.75) is 4.90 Å². The van der Waals surface area contributed by atoms with Crippen molar-refractivity contribution in [2.24, 2.45) is 5.14 Å². The number of carbonyl (C=O) groups excluding carboxylic acids is 1. The highest BCUT2D eigenvalue weighted by atomic mass is 35.5. The van der Waals surface area contributed by atoms with E-state index in [1.165, 1.54) is 24.3 Å². The fourth-order valence-corrected chi connectivity index (χ4v) is 2.78. The lowest BCUT2D eigenvalue weighted by Gasteiger charge is -2.10. The SMILES string of the molecule is NS(=O)(=O)c1ccc(C(=O)Nc2cc(Cl)ccc2-c2nnn[nH]2)cc1. The van der Waals surface area contributed by atoms with Gasteiger partial charge in [0.1, 0.15) is 0 Å². The third-order valence-electron chi connectivity index (χ3n) is 3.28. The van der Waals surface area contributed by atoms with E-state index in [1.54, 1.807) is 18.2 Å². The number of hydrogen-bond acceptors (Lipinski definition) is 6. The molecule has 1 aromatic heterocycles. The summed E-state index contributed by atoms with van der Waals surface area (Å²) >= 11 is 5.98. The van der Waals surface area contributed by atoms with Crippen LogP contribution in [0.1, 0.15) is 10.4 Å². The molecule has 0 unspecified atom stereocenters. The van der Waals surface area contributed by atoms with Gasteiger partial charge in [0.25, 0.3) is 5.91 Å². The number of hydrogen-bond donors (Lipinski definition) is 3. The van der Waals surface area contributed by atoms with Gasteiger partial charge in [0.05, 0.1) is 10.6 Å². The molecule has 4 N–H and O–H groups in total. The molecule has 0 spiro atoms. The fourth-order valence-electron chi connectivity index (χ4n) is 2.09. The maximum atomic E-state index is 12.4. The zero-order valence-corrected chi connectivity index (χ0v) is 14.0. The molecule has 1 amide bonds. The number of benzene rings is 2. The molecule has 9 nitrogen and oxygen atoms in total. The van der Waals surface area contributed by atoms with Gasteiger partial charge < -0.3 is 5.32 Å². The van der Waals surface area contributed by atoms with Crippen LogP contribution in [-0.2, 0) is 10.0 Å². The Balaban J connectivity index is 1.90. The van der Waals surface area contributed by atoms with Crippen molar-refractivity contribution in [3.05, 3.63) is 53.1 Å². The zero-order chi connectivity index (χ0) is 18.0. The van der Waals surface area contributed by atoms with Gasteiger partial charge in [-0.1, -0.05) is 11.6 Å². The van der Waals surface area contributed by atoms with Crippen molar-refractivity contribution in [2.75, 3.05) is 5.32 Å². The first-order chi connectivity index (χ1) is 11.8. The molecule has 1 heterocycles. The van der Waals surface area contributed by atoms with E-state index < -0.39 is 15.9 Å². The van der Waals surface area contributed by atoms with Gasteiger partial charge in [0.2, 0.25) is 10.0 Å². The molecular weight excluding hydrogens is 368 g/mol. The highest BCUT2D eigenvalue weighted by Gasteiger charge is 2.14. The fraction of sp³-hybridized carbons (Fsp3) is 0.